The van der Waals surface area contributed by atoms with Crippen molar-refractivity contribution in [1.82, 2.24) is 5.32 Å². The predicted molar refractivity (Wildman–Crippen MR) is 67.0 cm³/mol. The number of hydrogen-bond donors (Lipinski definition) is 1. The molecule has 1 heterocycles. The van der Waals surface area contributed by atoms with Gasteiger partial charge in [0.05, 0.1) is 4.75 Å². The molecular weight excluding hydrogens is 226 g/mol. The Labute approximate surface area is 99.7 Å². The molecule has 0 aromatic carbocycles. The molecule has 0 atom stereocenters. The molecule has 1 amide bonds. The van der Waals surface area contributed by atoms with Gasteiger partial charge < -0.3 is 5.32 Å². The highest BCUT2D eigenvalue weighted by molar-refractivity contribution is 8.16. The van der Waals surface area contributed by atoms with Crippen molar-refractivity contribution in [1.29, 1.82) is 0 Å². The number of thioether (sulfide) groups is 1. The first-order chi connectivity index (χ1) is 7.49. The van der Waals surface area contributed by atoms with E-state index in [4.69, 9.17) is 0 Å². The summed E-state index contributed by atoms with van der Waals surface area (Å²) in [5.74, 6) is 0. The third-order valence-corrected chi connectivity index (χ3v) is 3.26. The van der Waals surface area contributed by atoms with E-state index in [2.05, 4.69) is 41.1 Å². The second-order valence-corrected chi connectivity index (χ2v) is 5.51. The molecule has 1 aliphatic rings. The van der Waals surface area contributed by atoms with Crippen LogP contribution in [-0.4, -0.2) is 28.8 Å². The number of carbonyl (C=O) groups excluding carboxylic acids is 1. The van der Waals surface area contributed by atoms with Gasteiger partial charge in [0, 0.05) is 12.8 Å². The number of oxime groups is 1. The molecule has 0 aromatic heterocycles. The molecule has 0 aromatic rings. The summed E-state index contributed by atoms with van der Waals surface area (Å²) in [4.78, 5) is 19.8. The maximum absolute atomic E-state index is 10.8. The standard InChI is InChI=1S/C10H17N3O2S/c1-5-6-7-10(2,3)16-8(12-7)13-15-9(14)11-4/h5-6H2,1-4H3,(H,11,14). The quantitative estimate of drug-likeness (QED) is 0.611. The van der Waals surface area contributed by atoms with Gasteiger partial charge >= 0.3 is 6.09 Å². The van der Waals surface area contributed by atoms with Crippen LogP contribution in [0.5, 0.6) is 0 Å². The fourth-order valence-electron chi connectivity index (χ4n) is 1.32. The molecular formula is C10H17N3O2S. The van der Waals surface area contributed by atoms with Crippen molar-refractivity contribution in [3.8, 4) is 0 Å². The molecule has 1 rings (SSSR count). The molecule has 0 fully saturated rings. The van der Waals surface area contributed by atoms with Crippen molar-refractivity contribution in [2.45, 2.75) is 38.4 Å². The number of nitrogens with one attached hydrogen (secondary N) is 1. The van der Waals surface area contributed by atoms with Crippen molar-refractivity contribution in [3.63, 3.8) is 0 Å². The molecule has 1 N–H and O–H groups in total. The summed E-state index contributed by atoms with van der Waals surface area (Å²) in [5, 5.41) is 6.53. The van der Waals surface area contributed by atoms with Crippen LogP contribution >= 0.6 is 11.8 Å². The van der Waals surface area contributed by atoms with E-state index < -0.39 is 6.09 Å². The summed E-state index contributed by atoms with van der Waals surface area (Å²) < 4.78 is -0.0547. The maximum Gasteiger partial charge on any atom is 0.433 e. The lowest BCUT2D eigenvalue weighted by atomic mass is 10.0. The first-order valence-electron chi connectivity index (χ1n) is 5.23. The van der Waals surface area contributed by atoms with Crippen LogP contribution in [0.4, 0.5) is 4.79 Å². The smallest absolute Gasteiger partial charge is 0.323 e. The second-order valence-electron chi connectivity index (χ2n) is 3.92. The molecule has 0 saturated heterocycles. The Balaban J connectivity index is 2.69. The minimum atomic E-state index is -0.579. The molecule has 16 heavy (non-hydrogen) atoms. The third-order valence-electron chi connectivity index (χ3n) is 2.17. The Kier molecular flexibility index (Phi) is 4.35. The van der Waals surface area contributed by atoms with E-state index in [-0.39, 0.29) is 4.75 Å². The number of amides is 1. The summed E-state index contributed by atoms with van der Waals surface area (Å²) in [5.41, 5.74) is 1.10. The van der Waals surface area contributed by atoms with Crippen LogP contribution in [0.1, 0.15) is 33.6 Å². The first kappa shape index (κ1) is 13.0. The molecule has 0 radical (unpaired) electrons. The number of nitrogens with zero attached hydrogens (tertiary/aromatic N) is 2. The van der Waals surface area contributed by atoms with Gasteiger partial charge in [0.25, 0.3) is 0 Å². The zero-order chi connectivity index (χ0) is 12.2. The van der Waals surface area contributed by atoms with Gasteiger partial charge in [-0.25, -0.2) is 9.79 Å². The Hall–Kier alpha value is -1.04. The highest BCUT2D eigenvalue weighted by Crippen LogP contribution is 2.35. The molecule has 0 spiro atoms. The van der Waals surface area contributed by atoms with Crippen molar-refractivity contribution in [2.75, 3.05) is 7.05 Å². The van der Waals surface area contributed by atoms with E-state index >= 15 is 0 Å². The average Bonchev–Trinajstić information content (AvgIpc) is 2.51. The predicted octanol–water partition coefficient (Wildman–Crippen LogP) is 2.38. The van der Waals surface area contributed by atoms with E-state index in [1.165, 1.54) is 18.8 Å². The third kappa shape index (κ3) is 3.23. The molecule has 0 saturated carbocycles. The lowest BCUT2D eigenvalue weighted by Gasteiger charge is -2.17. The highest BCUT2D eigenvalue weighted by Gasteiger charge is 2.33. The summed E-state index contributed by atoms with van der Waals surface area (Å²) in [6, 6.07) is 0. The van der Waals surface area contributed by atoms with Crippen molar-refractivity contribution < 1.29 is 9.63 Å². The SMILES string of the molecule is CCCC1=NC(=NOC(=O)NC)SC1(C)C. The van der Waals surface area contributed by atoms with Gasteiger partial charge in [-0.1, -0.05) is 25.1 Å². The largest absolute Gasteiger partial charge is 0.433 e. The minimum Gasteiger partial charge on any atom is -0.323 e. The van der Waals surface area contributed by atoms with E-state index in [0.717, 1.165) is 18.6 Å². The molecule has 5 nitrogen and oxygen atoms in total. The number of rotatable bonds is 3. The van der Waals surface area contributed by atoms with E-state index in [0.29, 0.717) is 5.17 Å². The van der Waals surface area contributed by atoms with Crippen molar-refractivity contribution in [3.05, 3.63) is 0 Å². The van der Waals surface area contributed by atoms with Crippen LogP contribution in [-0.2, 0) is 4.84 Å². The monoisotopic (exact) mass is 243 g/mol. The fourth-order valence-corrected chi connectivity index (χ4v) is 2.27. The highest BCUT2D eigenvalue weighted by atomic mass is 32.2. The average molecular weight is 243 g/mol. The van der Waals surface area contributed by atoms with Gasteiger partial charge in [-0.2, -0.15) is 0 Å². The van der Waals surface area contributed by atoms with Crippen LogP contribution in [0.25, 0.3) is 0 Å². The minimum absolute atomic E-state index is 0.0547. The Bertz CT molecular complexity index is 337. The molecule has 0 unspecified atom stereocenters. The van der Waals surface area contributed by atoms with Crippen molar-refractivity contribution in [2.24, 2.45) is 10.1 Å². The number of amidine groups is 1. The molecule has 0 bridgehead atoms. The van der Waals surface area contributed by atoms with Gasteiger partial charge in [0.15, 0.2) is 0 Å². The summed E-state index contributed by atoms with van der Waals surface area (Å²) in [6.45, 7) is 6.29. The summed E-state index contributed by atoms with van der Waals surface area (Å²) in [7, 11) is 1.49. The summed E-state index contributed by atoms with van der Waals surface area (Å²) in [6.07, 6.45) is 1.41. The zero-order valence-corrected chi connectivity index (χ0v) is 10.8. The lowest BCUT2D eigenvalue weighted by Crippen LogP contribution is -2.23. The van der Waals surface area contributed by atoms with Crippen LogP contribution in [0.2, 0.25) is 0 Å². The van der Waals surface area contributed by atoms with Crippen LogP contribution in [0.3, 0.4) is 0 Å². The van der Waals surface area contributed by atoms with Gasteiger partial charge in [-0.3, -0.25) is 4.84 Å². The second kappa shape index (κ2) is 5.34. The summed E-state index contributed by atoms with van der Waals surface area (Å²) >= 11 is 1.51. The van der Waals surface area contributed by atoms with Crippen LogP contribution in [0.15, 0.2) is 10.1 Å². The Morgan fingerprint density at radius 3 is 2.88 bits per heavy atom. The molecule has 90 valence electrons. The van der Waals surface area contributed by atoms with Gasteiger partial charge in [0.1, 0.15) is 0 Å². The number of carbonyl (C=O) groups is 1. The zero-order valence-electron chi connectivity index (χ0n) is 10.0. The molecule has 6 heteroatoms. The number of hydrogen-bond acceptors (Lipinski definition) is 4. The number of aliphatic imine (C=N–C) groups is 1. The van der Waals surface area contributed by atoms with Gasteiger partial charge in [0.2, 0.25) is 5.17 Å². The first-order valence-corrected chi connectivity index (χ1v) is 6.05. The van der Waals surface area contributed by atoms with Crippen LogP contribution < -0.4 is 5.32 Å². The normalized spacial score (nSPS) is 20.8. The Morgan fingerprint density at radius 1 is 1.62 bits per heavy atom. The van der Waals surface area contributed by atoms with Crippen LogP contribution in [0, 0.1) is 0 Å². The lowest BCUT2D eigenvalue weighted by molar-refractivity contribution is 0.153. The van der Waals surface area contributed by atoms with E-state index in [1.807, 2.05) is 0 Å². The van der Waals surface area contributed by atoms with Gasteiger partial charge in [-0.15, -0.1) is 0 Å². The van der Waals surface area contributed by atoms with E-state index in [9.17, 15) is 4.79 Å². The Morgan fingerprint density at radius 2 is 2.31 bits per heavy atom. The maximum atomic E-state index is 10.8. The topological polar surface area (TPSA) is 63.1 Å². The van der Waals surface area contributed by atoms with E-state index in [1.54, 1.807) is 0 Å². The van der Waals surface area contributed by atoms with Crippen molar-refractivity contribution >= 4 is 28.7 Å². The van der Waals surface area contributed by atoms with Gasteiger partial charge in [-0.05, 0) is 25.4 Å². The fraction of sp³-hybridized carbons (Fsp3) is 0.700. The molecule has 1 aliphatic heterocycles. The molecule has 0 aliphatic carbocycles.